The number of hydrogen-bond donors (Lipinski definition) is 0. The summed E-state index contributed by atoms with van der Waals surface area (Å²) in [6, 6.07) is 10.5. The minimum Gasteiger partial charge on any atom is -0.315 e. The van der Waals surface area contributed by atoms with Crippen molar-refractivity contribution in [1.29, 1.82) is 0 Å². The van der Waals surface area contributed by atoms with E-state index in [-0.39, 0.29) is 16.8 Å². The van der Waals surface area contributed by atoms with Crippen LogP contribution in [0.3, 0.4) is 0 Å². The highest BCUT2D eigenvalue weighted by molar-refractivity contribution is 7.98. The van der Waals surface area contributed by atoms with Crippen LogP contribution >= 0.6 is 23.1 Å². The standard InChI is InChI=1S/C23H27N3O3S3/c1-15-13-20-21(14-16(15)2)31-23(26(20)11-12-30-4)24-22(27)17-5-9-19(10-6-17)32(28,29)25(3)18-7-8-18/h5-6,9-10,13-14,18H,7-8,11-12H2,1-4H3. The molecule has 6 nitrogen and oxygen atoms in total. The molecule has 0 radical (unpaired) electrons. The summed E-state index contributed by atoms with van der Waals surface area (Å²) in [6.45, 7) is 4.93. The van der Waals surface area contributed by atoms with Crippen molar-refractivity contribution in [3.63, 3.8) is 0 Å². The lowest BCUT2D eigenvalue weighted by Crippen LogP contribution is -2.28. The van der Waals surface area contributed by atoms with Crippen LogP contribution in [0.1, 0.15) is 34.3 Å². The molecule has 1 fully saturated rings. The highest BCUT2D eigenvalue weighted by Gasteiger charge is 2.35. The Bertz CT molecular complexity index is 1330. The molecule has 1 heterocycles. The van der Waals surface area contributed by atoms with E-state index in [1.807, 2.05) is 0 Å². The molecule has 4 rings (SSSR count). The smallest absolute Gasteiger partial charge is 0.279 e. The van der Waals surface area contributed by atoms with Crippen LogP contribution in [0.4, 0.5) is 0 Å². The molecule has 0 aliphatic heterocycles. The lowest BCUT2D eigenvalue weighted by molar-refractivity contribution is 0.0997. The van der Waals surface area contributed by atoms with Gasteiger partial charge in [-0.1, -0.05) is 11.3 Å². The summed E-state index contributed by atoms with van der Waals surface area (Å²) in [5.41, 5.74) is 3.88. The summed E-state index contributed by atoms with van der Waals surface area (Å²) in [4.78, 5) is 18.2. The van der Waals surface area contributed by atoms with E-state index in [2.05, 4.69) is 41.8 Å². The first-order valence-corrected chi connectivity index (χ1v) is 14.1. The van der Waals surface area contributed by atoms with E-state index in [0.717, 1.165) is 35.4 Å². The van der Waals surface area contributed by atoms with Gasteiger partial charge in [0, 0.05) is 31.0 Å². The van der Waals surface area contributed by atoms with Crippen LogP contribution in [0.5, 0.6) is 0 Å². The first kappa shape index (κ1) is 23.2. The first-order valence-electron chi connectivity index (χ1n) is 10.5. The first-order chi connectivity index (χ1) is 15.2. The van der Waals surface area contributed by atoms with Crippen LogP contribution in [0.25, 0.3) is 10.2 Å². The van der Waals surface area contributed by atoms with Crippen LogP contribution in [-0.2, 0) is 16.6 Å². The molecule has 1 aliphatic rings. The minimum atomic E-state index is -3.53. The zero-order chi connectivity index (χ0) is 23.0. The number of thioether (sulfide) groups is 1. The van der Waals surface area contributed by atoms with E-state index >= 15 is 0 Å². The van der Waals surface area contributed by atoms with E-state index in [0.29, 0.717) is 10.4 Å². The number of aryl methyl sites for hydroxylation is 3. The second kappa shape index (κ2) is 9.13. The molecule has 1 amide bonds. The molecule has 1 aliphatic carbocycles. The van der Waals surface area contributed by atoms with E-state index in [9.17, 15) is 13.2 Å². The van der Waals surface area contributed by atoms with Crippen LogP contribution in [0, 0.1) is 13.8 Å². The fraction of sp³-hybridized carbons (Fsp3) is 0.391. The van der Waals surface area contributed by atoms with Crippen molar-refractivity contribution in [2.24, 2.45) is 4.99 Å². The molecule has 0 saturated heterocycles. The highest BCUT2D eigenvalue weighted by atomic mass is 32.2. The summed E-state index contributed by atoms with van der Waals surface area (Å²) in [6.07, 6.45) is 3.86. The number of hydrogen-bond acceptors (Lipinski definition) is 5. The number of fused-ring (bicyclic) bond motifs is 1. The van der Waals surface area contributed by atoms with E-state index in [4.69, 9.17) is 0 Å². The van der Waals surface area contributed by atoms with Crippen molar-refractivity contribution >= 4 is 49.2 Å². The van der Waals surface area contributed by atoms with Gasteiger partial charge in [0.05, 0.1) is 15.1 Å². The largest absolute Gasteiger partial charge is 0.315 e. The third-order valence-electron chi connectivity index (χ3n) is 5.85. The Morgan fingerprint density at radius 3 is 2.47 bits per heavy atom. The zero-order valence-corrected chi connectivity index (χ0v) is 21.1. The average Bonchev–Trinajstić information content (AvgIpc) is 3.57. The van der Waals surface area contributed by atoms with Crippen molar-refractivity contribution in [3.8, 4) is 0 Å². The van der Waals surface area contributed by atoms with Gasteiger partial charge in [0.1, 0.15) is 0 Å². The van der Waals surface area contributed by atoms with Gasteiger partial charge in [-0.25, -0.2) is 8.42 Å². The topological polar surface area (TPSA) is 71.7 Å². The SMILES string of the molecule is CSCCn1c(=NC(=O)c2ccc(S(=O)(=O)N(C)C3CC3)cc2)sc2cc(C)c(C)cc21. The van der Waals surface area contributed by atoms with E-state index in [1.165, 1.54) is 38.9 Å². The van der Waals surface area contributed by atoms with Crippen LogP contribution in [0.2, 0.25) is 0 Å². The number of aromatic nitrogens is 1. The molecule has 170 valence electrons. The summed E-state index contributed by atoms with van der Waals surface area (Å²) >= 11 is 3.25. The molecule has 1 saturated carbocycles. The highest BCUT2D eigenvalue weighted by Crippen LogP contribution is 2.30. The van der Waals surface area contributed by atoms with Gasteiger partial charge in [0.2, 0.25) is 10.0 Å². The number of carbonyl (C=O) groups is 1. The van der Waals surface area contributed by atoms with Crippen molar-refractivity contribution in [3.05, 3.63) is 57.9 Å². The molecule has 32 heavy (non-hydrogen) atoms. The quantitative estimate of drug-likeness (QED) is 0.499. The Hall–Kier alpha value is -1.94. The van der Waals surface area contributed by atoms with Crippen LogP contribution in [0.15, 0.2) is 46.3 Å². The number of benzene rings is 2. The van der Waals surface area contributed by atoms with Gasteiger partial charge in [-0.2, -0.15) is 21.1 Å². The number of amides is 1. The van der Waals surface area contributed by atoms with Gasteiger partial charge in [-0.15, -0.1) is 0 Å². The number of carbonyl (C=O) groups excluding carboxylic acids is 1. The lowest BCUT2D eigenvalue weighted by atomic mass is 10.1. The Labute approximate surface area is 197 Å². The van der Waals surface area contributed by atoms with Crippen LogP contribution in [-0.4, -0.2) is 48.3 Å². The van der Waals surface area contributed by atoms with Gasteiger partial charge < -0.3 is 4.57 Å². The predicted molar refractivity (Wildman–Crippen MR) is 132 cm³/mol. The maximum absolute atomic E-state index is 12.9. The summed E-state index contributed by atoms with van der Waals surface area (Å²) < 4.78 is 30.0. The summed E-state index contributed by atoms with van der Waals surface area (Å²) in [5.74, 6) is 0.545. The third kappa shape index (κ3) is 4.57. The minimum absolute atomic E-state index is 0.0910. The third-order valence-corrected chi connectivity index (χ3v) is 9.41. The predicted octanol–water partition coefficient (Wildman–Crippen LogP) is 4.21. The Kier molecular flexibility index (Phi) is 6.63. The average molecular weight is 490 g/mol. The molecular weight excluding hydrogens is 462 g/mol. The Morgan fingerprint density at radius 1 is 1.19 bits per heavy atom. The number of rotatable bonds is 7. The van der Waals surface area contributed by atoms with Crippen molar-refractivity contribution < 1.29 is 13.2 Å². The fourth-order valence-corrected chi connectivity index (χ4v) is 6.44. The number of nitrogens with zero attached hydrogens (tertiary/aromatic N) is 3. The normalized spacial score (nSPS) is 15.1. The molecular formula is C23H27N3O3S3. The Morgan fingerprint density at radius 2 is 1.84 bits per heavy atom. The second-order valence-corrected chi connectivity index (χ2v) is 12.1. The lowest BCUT2D eigenvalue weighted by Gasteiger charge is -2.16. The number of thiazole rings is 1. The van der Waals surface area contributed by atoms with Gasteiger partial charge in [0.25, 0.3) is 5.91 Å². The summed E-state index contributed by atoms with van der Waals surface area (Å²) in [5, 5.41) is 0. The van der Waals surface area contributed by atoms with E-state index in [1.54, 1.807) is 30.9 Å². The van der Waals surface area contributed by atoms with Crippen molar-refractivity contribution in [2.75, 3.05) is 19.1 Å². The van der Waals surface area contributed by atoms with Gasteiger partial charge in [-0.3, -0.25) is 4.79 Å². The fourth-order valence-electron chi connectivity index (χ4n) is 3.53. The molecule has 3 aromatic rings. The molecule has 2 aromatic carbocycles. The van der Waals surface area contributed by atoms with E-state index < -0.39 is 10.0 Å². The zero-order valence-electron chi connectivity index (χ0n) is 18.7. The molecule has 1 aromatic heterocycles. The monoisotopic (exact) mass is 489 g/mol. The van der Waals surface area contributed by atoms with Gasteiger partial charge in [0.15, 0.2) is 4.80 Å². The summed E-state index contributed by atoms with van der Waals surface area (Å²) in [7, 11) is -1.92. The Balaban J connectivity index is 1.68. The van der Waals surface area contributed by atoms with Gasteiger partial charge in [-0.05, 0) is 80.5 Å². The van der Waals surface area contributed by atoms with Gasteiger partial charge >= 0.3 is 0 Å². The molecule has 0 spiro atoms. The molecule has 0 unspecified atom stereocenters. The van der Waals surface area contributed by atoms with Crippen molar-refractivity contribution in [1.82, 2.24) is 8.87 Å². The molecule has 0 bridgehead atoms. The van der Waals surface area contributed by atoms with Crippen molar-refractivity contribution in [2.45, 2.75) is 44.2 Å². The molecule has 0 N–H and O–H groups in total. The number of sulfonamides is 1. The van der Waals surface area contributed by atoms with Crippen LogP contribution < -0.4 is 4.80 Å². The maximum atomic E-state index is 12.9. The molecule has 9 heteroatoms. The second-order valence-electron chi connectivity index (χ2n) is 8.13. The maximum Gasteiger partial charge on any atom is 0.279 e. The molecule has 0 atom stereocenters.